The average Bonchev–Trinajstić information content (AvgIpc) is 2.78. The van der Waals surface area contributed by atoms with Crippen molar-refractivity contribution < 1.29 is 4.79 Å². The van der Waals surface area contributed by atoms with Gasteiger partial charge in [-0.25, -0.2) is 9.97 Å². The highest BCUT2D eigenvalue weighted by atomic mass is 16.2. The van der Waals surface area contributed by atoms with E-state index < -0.39 is 0 Å². The molecule has 0 radical (unpaired) electrons. The number of nitrogen functional groups attached to an aromatic ring is 1. The molecule has 0 aromatic carbocycles. The number of carbonyl (C=O) groups is 1. The molecule has 1 fully saturated rings. The lowest BCUT2D eigenvalue weighted by molar-refractivity contribution is 0.0695. The largest absolute Gasteiger partial charge is 0.382 e. The lowest BCUT2D eigenvalue weighted by Gasteiger charge is -2.27. The summed E-state index contributed by atoms with van der Waals surface area (Å²) in [7, 11) is 0. The molecule has 1 aliphatic heterocycles. The highest BCUT2D eigenvalue weighted by Gasteiger charge is 2.31. The van der Waals surface area contributed by atoms with Gasteiger partial charge in [-0.15, -0.1) is 0 Å². The summed E-state index contributed by atoms with van der Waals surface area (Å²) < 4.78 is 0. The van der Waals surface area contributed by atoms with Crippen LogP contribution < -0.4 is 5.73 Å². The number of aromatic nitrogens is 2. The number of likely N-dealkylation sites (tertiary alicyclic amines) is 1. The van der Waals surface area contributed by atoms with Crippen molar-refractivity contribution in [3.05, 3.63) is 18.1 Å². The first-order chi connectivity index (χ1) is 8.09. The summed E-state index contributed by atoms with van der Waals surface area (Å²) in [4.78, 5) is 22.1. The number of hydrogen-bond acceptors (Lipinski definition) is 4. The summed E-state index contributed by atoms with van der Waals surface area (Å²) in [5.41, 5.74) is 5.84. The van der Waals surface area contributed by atoms with E-state index in [2.05, 4.69) is 23.8 Å². The van der Waals surface area contributed by atoms with E-state index in [-0.39, 0.29) is 5.91 Å². The predicted molar refractivity (Wildman–Crippen MR) is 65.3 cm³/mol. The Labute approximate surface area is 101 Å². The Morgan fingerprint density at radius 2 is 2.24 bits per heavy atom. The van der Waals surface area contributed by atoms with Gasteiger partial charge in [0.2, 0.25) is 0 Å². The third-order valence-electron chi connectivity index (χ3n) is 3.22. The maximum atomic E-state index is 12.3. The topological polar surface area (TPSA) is 72.1 Å². The normalized spacial score (nSPS) is 19.9. The van der Waals surface area contributed by atoms with E-state index in [0.29, 0.717) is 23.5 Å². The van der Waals surface area contributed by atoms with Crippen LogP contribution in [0.3, 0.4) is 0 Å². The number of nitrogens with two attached hydrogens (primary N) is 1. The number of carbonyl (C=O) groups excluding carboxylic acids is 1. The van der Waals surface area contributed by atoms with E-state index >= 15 is 0 Å². The maximum Gasteiger partial charge on any atom is 0.274 e. The van der Waals surface area contributed by atoms with Gasteiger partial charge in [-0.3, -0.25) is 4.79 Å². The molecular weight excluding hydrogens is 216 g/mol. The maximum absolute atomic E-state index is 12.3. The molecule has 0 bridgehead atoms. The zero-order valence-electron chi connectivity index (χ0n) is 10.3. The molecule has 1 aliphatic rings. The van der Waals surface area contributed by atoms with Gasteiger partial charge in [0.1, 0.15) is 11.5 Å². The first-order valence-corrected chi connectivity index (χ1v) is 5.98. The highest BCUT2D eigenvalue weighted by Crippen LogP contribution is 2.24. The van der Waals surface area contributed by atoms with Gasteiger partial charge in [0.05, 0.1) is 12.4 Å². The molecule has 0 saturated carbocycles. The van der Waals surface area contributed by atoms with Crippen LogP contribution in [0.5, 0.6) is 0 Å². The van der Waals surface area contributed by atoms with Crippen LogP contribution in [0.1, 0.15) is 37.2 Å². The van der Waals surface area contributed by atoms with Crippen molar-refractivity contribution in [3.63, 3.8) is 0 Å². The van der Waals surface area contributed by atoms with Crippen LogP contribution in [0, 0.1) is 5.92 Å². The minimum absolute atomic E-state index is 0.0336. The van der Waals surface area contributed by atoms with E-state index in [9.17, 15) is 4.79 Å². The van der Waals surface area contributed by atoms with Gasteiger partial charge in [0.15, 0.2) is 0 Å². The van der Waals surface area contributed by atoms with Crippen molar-refractivity contribution in [1.29, 1.82) is 0 Å². The van der Waals surface area contributed by atoms with Crippen LogP contribution in [0.4, 0.5) is 5.82 Å². The van der Waals surface area contributed by atoms with Crippen LogP contribution in [-0.2, 0) is 0 Å². The monoisotopic (exact) mass is 234 g/mol. The average molecular weight is 234 g/mol. The quantitative estimate of drug-likeness (QED) is 0.837. The number of hydrogen-bond donors (Lipinski definition) is 1. The van der Waals surface area contributed by atoms with Crippen molar-refractivity contribution in [2.75, 3.05) is 12.3 Å². The minimum Gasteiger partial charge on any atom is -0.382 e. The van der Waals surface area contributed by atoms with Crippen molar-refractivity contribution in [2.45, 2.75) is 32.7 Å². The molecule has 2 rings (SSSR count). The Morgan fingerprint density at radius 3 is 2.82 bits per heavy atom. The van der Waals surface area contributed by atoms with Gasteiger partial charge < -0.3 is 10.6 Å². The molecule has 1 saturated heterocycles. The lowest BCUT2D eigenvalue weighted by Crippen LogP contribution is -2.38. The number of amides is 1. The SMILES string of the molecule is CC(C)C1CCCN1C(=O)c1cnc(N)cn1. The van der Waals surface area contributed by atoms with Gasteiger partial charge in [-0.1, -0.05) is 13.8 Å². The molecule has 2 heterocycles. The lowest BCUT2D eigenvalue weighted by atomic mass is 10.0. The summed E-state index contributed by atoms with van der Waals surface area (Å²) in [6.07, 6.45) is 5.02. The Hall–Kier alpha value is -1.65. The predicted octanol–water partition coefficient (Wildman–Crippen LogP) is 1.32. The van der Waals surface area contributed by atoms with Gasteiger partial charge in [0.25, 0.3) is 5.91 Å². The van der Waals surface area contributed by atoms with Crippen LogP contribution in [0.2, 0.25) is 0 Å². The fourth-order valence-electron chi connectivity index (χ4n) is 2.33. The molecule has 2 N–H and O–H groups in total. The third-order valence-corrected chi connectivity index (χ3v) is 3.22. The summed E-state index contributed by atoms with van der Waals surface area (Å²) >= 11 is 0. The second-order valence-corrected chi connectivity index (χ2v) is 4.78. The van der Waals surface area contributed by atoms with E-state index in [1.165, 1.54) is 12.4 Å². The number of anilines is 1. The molecule has 0 aliphatic carbocycles. The zero-order valence-corrected chi connectivity index (χ0v) is 10.3. The molecule has 1 aromatic rings. The first-order valence-electron chi connectivity index (χ1n) is 5.98. The van der Waals surface area contributed by atoms with E-state index in [0.717, 1.165) is 19.4 Å². The molecule has 1 atom stereocenters. The Bertz CT molecular complexity index is 401. The Kier molecular flexibility index (Phi) is 3.26. The Morgan fingerprint density at radius 1 is 1.47 bits per heavy atom. The second kappa shape index (κ2) is 4.69. The highest BCUT2D eigenvalue weighted by molar-refractivity contribution is 5.92. The van der Waals surface area contributed by atoms with Gasteiger partial charge in [-0.2, -0.15) is 0 Å². The molecule has 1 aromatic heterocycles. The first kappa shape index (κ1) is 11.8. The number of nitrogens with zero attached hydrogens (tertiary/aromatic N) is 3. The molecule has 17 heavy (non-hydrogen) atoms. The van der Waals surface area contributed by atoms with Crippen LogP contribution in [0.25, 0.3) is 0 Å². The van der Waals surface area contributed by atoms with Crippen LogP contribution in [0.15, 0.2) is 12.4 Å². The number of rotatable bonds is 2. The smallest absolute Gasteiger partial charge is 0.274 e. The van der Waals surface area contributed by atoms with E-state index in [1.807, 2.05) is 4.90 Å². The molecule has 1 amide bonds. The van der Waals surface area contributed by atoms with Crippen molar-refractivity contribution in [3.8, 4) is 0 Å². The summed E-state index contributed by atoms with van der Waals surface area (Å²) in [5, 5.41) is 0. The van der Waals surface area contributed by atoms with Crippen LogP contribution in [-0.4, -0.2) is 33.4 Å². The molecule has 5 nitrogen and oxygen atoms in total. The van der Waals surface area contributed by atoms with Crippen LogP contribution >= 0.6 is 0 Å². The minimum atomic E-state index is -0.0336. The molecule has 5 heteroatoms. The molecule has 0 spiro atoms. The standard InChI is InChI=1S/C12H18N4O/c1-8(2)10-4-3-5-16(10)12(17)9-6-15-11(13)7-14-9/h6-8,10H,3-5H2,1-2H3,(H2,13,15). The third kappa shape index (κ3) is 2.38. The molecule has 92 valence electrons. The molecular formula is C12H18N4O. The summed E-state index contributed by atoms with van der Waals surface area (Å²) in [5.74, 6) is 0.778. The van der Waals surface area contributed by atoms with Gasteiger partial charge in [0, 0.05) is 12.6 Å². The van der Waals surface area contributed by atoms with Crippen molar-refractivity contribution in [1.82, 2.24) is 14.9 Å². The fraction of sp³-hybridized carbons (Fsp3) is 0.583. The summed E-state index contributed by atoms with van der Waals surface area (Å²) in [6.45, 7) is 5.10. The fourth-order valence-corrected chi connectivity index (χ4v) is 2.33. The summed E-state index contributed by atoms with van der Waals surface area (Å²) in [6, 6.07) is 0.321. The van der Waals surface area contributed by atoms with Gasteiger partial charge >= 0.3 is 0 Å². The molecule has 1 unspecified atom stereocenters. The zero-order chi connectivity index (χ0) is 12.4. The van der Waals surface area contributed by atoms with Crippen molar-refractivity contribution in [2.24, 2.45) is 5.92 Å². The van der Waals surface area contributed by atoms with E-state index in [4.69, 9.17) is 5.73 Å². The van der Waals surface area contributed by atoms with E-state index in [1.54, 1.807) is 0 Å². The van der Waals surface area contributed by atoms with Crippen molar-refractivity contribution >= 4 is 11.7 Å². The Balaban J connectivity index is 2.17. The second-order valence-electron chi connectivity index (χ2n) is 4.78. The van der Waals surface area contributed by atoms with Gasteiger partial charge in [-0.05, 0) is 18.8 Å².